The van der Waals surface area contributed by atoms with Crippen molar-refractivity contribution in [1.29, 1.82) is 0 Å². The van der Waals surface area contributed by atoms with Crippen LogP contribution in [-0.2, 0) is 11.3 Å². The summed E-state index contributed by atoms with van der Waals surface area (Å²) in [6, 6.07) is 0. The van der Waals surface area contributed by atoms with Gasteiger partial charge in [0.25, 0.3) is 5.91 Å². The van der Waals surface area contributed by atoms with Crippen LogP contribution in [0.15, 0.2) is 23.1 Å². The van der Waals surface area contributed by atoms with Crippen LogP contribution in [0.1, 0.15) is 60.9 Å². The number of amides is 1. The number of hydrogen-bond acceptors (Lipinski definition) is 6. The molecule has 0 radical (unpaired) electrons. The molecule has 4 heterocycles. The molecule has 0 atom stereocenters. The Labute approximate surface area is 164 Å². The molecule has 28 heavy (non-hydrogen) atoms. The van der Waals surface area contributed by atoms with Crippen molar-refractivity contribution in [3.63, 3.8) is 0 Å². The summed E-state index contributed by atoms with van der Waals surface area (Å²) in [5, 5.41) is 12.0. The highest BCUT2D eigenvalue weighted by atomic mass is 16.2. The number of nitrogens with one attached hydrogen (secondary N) is 2. The van der Waals surface area contributed by atoms with E-state index in [1.807, 2.05) is 6.08 Å². The zero-order valence-corrected chi connectivity index (χ0v) is 16.5. The summed E-state index contributed by atoms with van der Waals surface area (Å²) >= 11 is 0. The number of rotatable bonds is 5. The Balaban J connectivity index is 1.74. The van der Waals surface area contributed by atoms with Crippen LogP contribution < -0.4 is 5.43 Å². The van der Waals surface area contributed by atoms with Gasteiger partial charge in [0, 0.05) is 24.1 Å². The molecule has 4 rings (SSSR count). The van der Waals surface area contributed by atoms with Gasteiger partial charge in [-0.1, -0.05) is 13.8 Å². The average molecular weight is 379 g/mol. The summed E-state index contributed by atoms with van der Waals surface area (Å²) in [4.78, 5) is 22.6. The molecule has 0 bridgehead atoms. The number of carbonyl (C=O) groups is 1. The number of nitrogens with zero attached hydrogens (tertiary/aromatic N) is 5. The second-order valence-electron chi connectivity index (χ2n) is 7.62. The smallest absolute Gasteiger partial charge is 0.273 e. The minimum Gasteiger partial charge on any atom is -0.359 e. The summed E-state index contributed by atoms with van der Waals surface area (Å²) in [5.74, 6) is 0.401. The van der Waals surface area contributed by atoms with Crippen LogP contribution in [0.2, 0.25) is 0 Å². The highest BCUT2D eigenvalue weighted by molar-refractivity contribution is 6.32. The molecule has 0 aromatic carbocycles. The first kappa shape index (κ1) is 18.5. The molecule has 146 valence electrons. The van der Waals surface area contributed by atoms with Gasteiger partial charge < -0.3 is 4.98 Å². The van der Waals surface area contributed by atoms with E-state index < -0.39 is 0 Å². The highest BCUT2D eigenvalue weighted by Gasteiger charge is 2.28. The van der Waals surface area contributed by atoms with E-state index in [1.165, 1.54) is 36.4 Å². The largest absolute Gasteiger partial charge is 0.359 e. The second kappa shape index (κ2) is 7.63. The van der Waals surface area contributed by atoms with Crippen LogP contribution in [0.3, 0.4) is 0 Å². The zero-order valence-electron chi connectivity index (χ0n) is 16.5. The van der Waals surface area contributed by atoms with Gasteiger partial charge in [0.1, 0.15) is 5.71 Å². The van der Waals surface area contributed by atoms with Crippen molar-refractivity contribution >= 4 is 17.7 Å². The molecule has 1 saturated heterocycles. The van der Waals surface area contributed by atoms with E-state index in [2.05, 4.69) is 56.4 Å². The molecule has 1 fully saturated rings. The molecule has 2 aliphatic heterocycles. The van der Waals surface area contributed by atoms with Gasteiger partial charge in [0.15, 0.2) is 0 Å². The summed E-state index contributed by atoms with van der Waals surface area (Å²) in [7, 11) is 0. The summed E-state index contributed by atoms with van der Waals surface area (Å²) in [6.07, 6.45) is 7.43. The van der Waals surface area contributed by atoms with Gasteiger partial charge in [-0.2, -0.15) is 10.2 Å². The fourth-order valence-electron chi connectivity index (χ4n) is 3.99. The number of aryl methyl sites for hydroxylation is 1. The maximum Gasteiger partial charge on any atom is 0.273 e. The number of aromatic nitrogens is 4. The lowest BCUT2D eigenvalue weighted by molar-refractivity contribution is -0.116. The third kappa shape index (κ3) is 3.47. The van der Waals surface area contributed by atoms with Gasteiger partial charge in [0.05, 0.1) is 11.8 Å². The quantitative estimate of drug-likeness (QED) is 0.776. The van der Waals surface area contributed by atoms with E-state index in [1.54, 1.807) is 0 Å². The second-order valence-corrected chi connectivity index (χ2v) is 7.62. The number of H-pyrrole nitrogens is 1. The van der Waals surface area contributed by atoms with Gasteiger partial charge in [-0.25, -0.2) is 10.4 Å². The molecule has 0 unspecified atom stereocenters. The van der Waals surface area contributed by atoms with Gasteiger partial charge in [0.2, 0.25) is 5.82 Å². The average Bonchev–Trinajstić information content (AvgIpc) is 3.38. The van der Waals surface area contributed by atoms with E-state index in [0.717, 1.165) is 31.0 Å². The Morgan fingerprint density at radius 1 is 1.25 bits per heavy atom. The Morgan fingerprint density at radius 2 is 2.04 bits per heavy atom. The van der Waals surface area contributed by atoms with Crippen LogP contribution in [0.5, 0.6) is 0 Å². The maximum absolute atomic E-state index is 12.4. The normalized spacial score (nSPS) is 18.9. The molecule has 2 N–H and O–H groups in total. The number of aromatic amines is 1. The monoisotopic (exact) mass is 379 g/mol. The van der Waals surface area contributed by atoms with Crippen LogP contribution in [0, 0.1) is 6.92 Å². The molecule has 0 aliphatic carbocycles. The number of carbonyl (C=O) groups excluding carboxylic acids is 1. The first-order valence-electron chi connectivity index (χ1n) is 9.72. The summed E-state index contributed by atoms with van der Waals surface area (Å²) in [6.45, 7) is 9.72. The SMILES string of the molecule is Cc1[nH]c(C=C2C(=O)NN=C2c2nccnn2)c(C(C)C)c1CN1CCCC1. The fourth-order valence-corrected chi connectivity index (χ4v) is 3.99. The predicted molar refractivity (Wildman–Crippen MR) is 107 cm³/mol. The molecule has 1 amide bonds. The number of hydrazone groups is 1. The lowest BCUT2D eigenvalue weighted by Gasteiger charge is -2.17. The molecule has 2 aliphatic rings. The predicted octanol–water partition coefficient (Wildman–Crippen LogP) is 2.14. The van der Waals surface area contributed by atoms with Crippen LogP contribution in [-0.4, -0.2) is 49.8 Å². The Kier molecular flexibility index (Phi) is 5.04. The third-order valence-corrected chi connectivity index (χ3v) is 5.30. The van der Waals surface area contributed by atoms with Gasteiger partial charge in [-0.15, -0.1) is 5.10 Å². The van der Waals surface area contributed by atoms with Crippen molar-refractivity contribution in [2.24, 2.45) is 5.10 Å². The van der Waals surface area contributed by atoms with Gasteiger partial charge in [-0.05, 0) is 56.0 Å². The lowest BCUT2D eigenvalue weighted by Crippen LogP contribution is -2.19. The van der Waals surface area contributed by atoms with E-state index in [4.69, 9.17) is 0 Å². The molecule has 0 spiro atoms. The molecule has 8 nitrogen and oxygen atoms in total. The highest BCUT2D eigenvalue weighted by Crippen LogP contribution is 2.31. The van der Waals surface area contributed by atoms with Crippen LogP contribution >= 0.6 is 0 Å². The molecule has 2 aromatic rings. The Bertz CT molecular complexity index is 937. The minimum atomic E-state index is -0.259. The van der Waals surface area contributed by atoms with E-state index in [0.29, 0.717) is 23.0 Å². The Morgan fingerprint density at radius 3 is 2.71 bits per heavy atom. The van der Waals surface area contributed by atoms with E-state index in [-0.39, 0.29) is 5.91 Å². The Hall–Kier alpha value is -2.87. The lowest BCUT2D eigenvalue weighted by atomic mass is 9.95. The van der Waals surface area contributed by atoms with E-state index >= 15 is 0 Å². The van der Waals surface area contributed by atoms with Crippen molar-refractivity contribution < 1.29 is 4.79 Å². The standard InChI is InChI=1S/C20H25N7O/c1-12(2)17-15(11-27-8-4-5-9-27)13(3)23-16(17)10-14-18(24-26-20(14)28)19-21-6-7-22-25-19/h6-7,10,12,23H,4-5,8-9,11H2,1-3H3,(H,26,28). The molecule has 0 saturated carbocycles. The van der Waals surface area contributed by atoms with Gasteiger partial charge in [-0.3, -0.25) is 9.69 Å². The minimum absolute atomic E-state index is 0.259. The van der Waals surface area contributed by atoms with Crippen LogP contribution in [0.4, 0.5) is 0 Å². The number of hydrogen-bond donors (Lipinski definition) is 2. The van der Waals surface area contributed by atoms with Crippen molar-refractivity contribution in [2.75, 3.05) is 13.1 Å². The van der Waals surface area contributed by atoms with Gasteiger partial charge >= 0.3 is 0 Å². The van der Waals surface area contributed by atoms with Crippen molar-refractivity contribution in [1.82, 2.24) is 30.5 Å². The first-order valence-corrected chi connectivity index (χ1v) is 9.72. The van der Waals surface area contributed by atoms with Crippen molar-refractivity contribution in [2.45, 2.75) is 46.1 Å². The maximum atomic E-state index is 12.4. The van der Waals surface area contributed by atoms with E-state index in [9.17, 15) is 4.79 Å². The molecular formula is C20H25N7O. The van der Waals surface area contributed by atoms with Crippen molar-refractivity contribution in [3.8, 4) is 0 Å². The summed E-state index contributed by atoms with van der Waals surface area (Å²) < 4.78 is 0. The molecule has 8 heteroatoms. The van der Waals surface area contributed by atoms with Crippen LogP contribution in [0.25, 0.3) is 6.08 Å². The zero-order chi connectivity index (χ0) is 19.7. The fraction of sp³-hybridized carbons (Fsp3) is 0.450. The molecular weight excluding hydrogens is 354 g/mol. The van der Waals surface area contributed by atoms with Crippen molar-refractivity contribution in [3.05, 3.63) is 46.3 Å². The topological polar surface area (TPSA) is 99.2 Å². The summed E-state index contributed by atoms with van der Waals surface area (Å²) in [5.41, 5.74) is 8.07. The first-order chi connectivity index (χ1) is 13.5. The third-order valence-electron chi connectivity index (χ3n) is 5.30. The molecule has 2 aromatic heterocycles. The number of likely N-dealkylation sites (tertiary alicyclic amines) is 1.